The van der Waals surface area contributed by atoms with E-state index in [-0.39, 0.29) is 11.9 Å². The van der Waals surface area contributed by atoms with Crippen molar-refractivity contribution in [2.75, 3.05) is 0 Å². The summed E-state index contributed by atoms with van der Waals surface area (Å²) in [6.07, 6.45) is 2.57. The van der Waals surface area contributed by atoms with Crippen LogP contribution >= 0.6 is 22.7 Å². The maximum Gasteiger partial charge on any atom is 0.271 e. The van der Waals surface area contributed by atoms with Crippen molar-refractivity contribution in [3.05, 3.63) is 33.2 Å². The van der Waals surface area contributed by atoms with E-state index in [4.69, 9.17) is 0 Å². The van der Waals surface area contributed by atoms with Crippen LogP contribution in [0.1, 0.15) is 34.9 Å². The van der Waals surface area contributed by atoms with E-state index in [1.165, 1.54) is 11.3 Å². The first kappa shape index (κ1) is 11.2. The highest BCUT2D eigenvalue weighted by atomic mass is 32.1. The molecule has 0 saturated heterocycles. The summed E-state index contributed by atoms with van der Waals surface area (Å²) in [5.74, 6) is -0.136. The maximum absolute atomic E-state index is 11.8. The molecule has 4 nitrogen and oxygen atoms in total. The van der Waals surface area contributed by atoms with Crippen molar-refractivity contribution in [3.63, 3.8) is 0 Å². The minimum absolute atomic E-state index is 0.0193. The van der Waals surface area contributed by atoms with Gasteiger partial charge in [-0.1, -0.05) is 6.92 Å². The van der Waals surface area contributed by atoms with Crippen LogP contribution in [-0.2, 0) is 0 Å². The van der Waals surface area contributed by atoms with E-state index in [2.05, 4.69) is 15.3 Å². The Labute approximate surface area is 101 Å². The summed E-state index contributed by atoms with van der Waals surface area (Å²) in [7, 11) is 0. The second-order valence-electron chi connectivity index (χ2n) is 3.18. The number of hydrogen-bond donors (Lipinski definition) is 1. The molecule has 1 N–H and O–H groups in total. The molecule has 84 valence electrons. The first-order valence-corrected chi connectivity index (χ1v) is 6.72. The zero-order valence-corrected chi connectivity index (χ0v) is 10.3. The SMILES string of the molecule is CCC(NC(=O)c1cscn1)c1nccs1. The summed E-state index contributed by atoms with van der Waals surface area (Å²) >= 11 is 2.97. The fourth-order valence-electron chi connectivity index (χ4n) is 1.30. The second-order valence-corrected chi connectivity index (χ2v) is 4.82. The van der Waals surface area contributed by atoms with Crippen molar-refractivity contribution in [2.24, 2.45) is 0 Å². The molecule has 0 aliphatic rings. The van der Waals surface area contributed by atoms with E-state index in [1.54, 1.807) is 28.4 Å². The lowest BCUT2D eigenvalue weighted by Gasteiger charge is -2.13. The molecule has 0 radical (unpaired) electrons. The number of rotatable bonds is 4. The largest absolute Gasteiger partial charge is 0.341 e. The highest BCUT2D eigenvalue weighted by molar-refractivity contribution is 7.09. The van der Waals surface area contributed by atoms with Crippen LogP contribution in [0.3, 0.4) is 0 Å². The fraction of sp³-hybridized carbons (Fsp3) is 0.300. The van der Waals surface area contributed by atoms with Crippen LogP contribution in [0, 0.1) is 0 Å². The van der Waals surface area contributed by atoms with Gasteiger partial charge in [0.1, 0.15) is 10.7 Å². The van der Waals surface area contributed by atoms with Crippen molar-refractivity contribution in [1.29, 1.82) is 0 Å². The van der Waals surface area contributed by atoms with Gasteiger partial charge in [0.2, 0.25) is 0 Å². The summed E-state index contributed by atoms with van der Waals surface area (Å²) in [6.45, 7) is 2.02. The Morgan fingerprint density at radius 2 is 2.44 bits per heavy atom. The van der Waals surface area contributed by atoms with Gasteiger partial charge in [-0.25, -0.2) is 9.97 Å². The predicted molar refractivity (Wildman–Crippen MR) is 64.7 cm³/mol. The summed E-state index contributed by atoms with van der Waals surface area (Å²) in [5, 5.41) is 7.51. The number of carbonyl (C=O) groups excluding carboxylic acids is 1. The highest BCUT2D eigenvalue weighted by Crippen LogP contribution is 2.19. The number of hydrogen-bond acceptors (Lipinski definition) is 5. The van der Waals surface area contributed by atoms with Crippen molar-refractivity contribution in [3.8, 4) is 0 Å². The molecule has 0 saturated carbocycles. The maximum atomic E-state index is 11.8. The second kappa shape index (κ2) is 5.18. The van der Waals surface area contributed by atoms with Crippen molar-refractivity contribution >= 4 is 28.6 Å². The van der Waals surface area contributed by atoms with Crippen LogP contribution in [0.25, 0.3) is 0 Å². The third kappa shape index (κ3) is 2.45. The van der Waals surface area contributed by atoms with Crippen LogP contribution in [0.2, 0.25) is 0 Å². The van der Waals surface area contributed by atoms with Crippen molar-refractivity contribution < 1.29 is 4.79 Å². The van der Waals surface area contributed by atoms with Gasteiger partial charge in [0.25, 0.3) is 5.91 Å². The van der Waals surface area contributed by atoms with Gasteiger partial charge >= 0.3 is 0 Å². The normalized spacial score (nSPS) is 12.3. The van der Waals surface area contributed by atoms with E-state index >= 15 is 0 Å². The molecule has 1 amide bonds. The molecule has 0 aliphatic carbocycles. The number of carbonyl (C=O) groups is 1. The minimum atomic E-state index is -0.136. The number of nitrogens with zero attached hydrogens (tertiary/aromatic N) is 2. The highest BCUT2D eigenvalue weighted by Gasteiger charge is 2.16. The predicted octanol–water partition coefficient (Wildman–Crippen LogP) is 2.48. The number of nitrogens with one attached hydrogen (secondary N) is 1. The number of thiazole rings is 2. The van der Waals surface area contributed by atoms with Crippen LogP contribution in [0.4, 0.5) is 0 Å². The Kier molecular flexibility index (Phi) is 3.63. The smallest absolute Gasteiger partial charge is 0.271 e. The average Bonchev–Trinajstić information content (AvgIpc) is 2.96. The summed E-state index contributed by atoms with van der Waals surface area (Å²) in [5.41, 5.74) is 2.12. The zero-order chi connectivity index (χ0) is 11.4. The van der Waals surface area contributed by atoms with Crippen LogP contribution in [0.5, 0.6) is 0 Å². The molecule has 2 aromatic rings. The first-order chi connectivity index (χ1) is 7.81. The van der Waals surface area contributed by atoms with Crippen LogP contribution < -0.4 is 5.32 Å². The lowest BCUT2D eigenvalue weighted by atomic mass is 10.2. The summed E-state index contributed by atoms with van der Waals surface area (Å²) < 4.78 is 0. The molecular weight excluding hydrogens is 242 g/mol. The molecule has 2 aromatic heterocycles. The van der Waals surface area contributed by atoms with E-state index in [0.717, 1.165) is 11.4 Å². The number of aromatic nitrogens is 2. The topological polar surface area (TPSA) is 54.9 Å². The Hall–Kier alpha value is -1.27. The molecule has 0 aliphatic heterocycles. The van der Waals surface area contributed by atoms with Gasteiger partial charge in [0, 0.05) is 17.0 Å². The quantitative estimate of drug-likeness (QED) is 0.910. The summed E-state index contributed by atoms with van der Waals surface area (Å²) in [6, 6.07) is -0.0193. The molecule has 1 atom stereocenters. The zero-order valence-electron chi connectivity index (χ0n) is 8.71. The molecule has 2 heterocycles. The lowest BCUT2D eigenvalue weighted by molar-refractivity contribution is 0.0931. The van der Waals surface area contributed by atoms with E-state index in [9.17, 15) is 4.79 Å². The van der Waals surface area contributed by atoms with Gasteiger partial charge in [-0.3, -0.25) is 4.79 Å². The lowest BCUT2D eigenvalue weighted by Crippen LogP contribution is -2.28. The van der Waals surface area contributed by atoms with E-state index in [0.29, 0.717) is 5.69 Å². The molecule has 1 unspecified atom stereocenters. The minimum Gasteiger partial charge on any atom is -0.341 e. The van der Waals surface area contributed by atoms with Crippen LogP contribution in [0.15, 0.2) is 22.5 Å². The molecular formula is C10H11N3OS2. The molecule has 0 aromatic carbocycles. The van der Waals surface area contributed by atoms with Gasteiger partial charge in [-0.2, -0.15) is 0 Å². The average molecular weight is 253 g/mol. The Balaban J connectivity index is 2.05. The molecule has 2 rings (SSSR count). The Morgan fingerprint density at radius 1 is 1.56 bits per heavy atom. The monoisotopic (exact) mass is 253 g/mol. The molecule has 6 heteroatoms. The van der Waals surface area contributed by atoms with Crippen LogP contribution in [-0.4, -0.2) is 15.9 Å². The molecule has 0 bridgehead atoms. The van der Waals surface area contributed by atoms with Gasteiger partial charge in [0.05, 0.1) is 11.6 Å². The fourth-order valence-corrected chi connectivity index (χ4v) is 2.61. The molecule has 0 spiro atoms. The summed E-state index contributed by atoms with van der Waals surface area (Å²) in [4.78, 5) is 20.0. The molecule has 16 heavy (non-hydrogen) atoms. The van der Waals surface area contributed by atoms with E-state index < -0.39 is 0 Å². The third-order valence-corrected chi connectivity index (χ3v) is 3.60. The Morgan fingerprint density at radius 3 is 3.00 bits per heavy atom. The van der Waals surface area contributed by atoms with E-state index in [1.807, 2.05) is 12.3 Å². The standard InChI is InChI=1S/C10H11N3OS2/c1-2-7(10-11-3-4-16-10)13-9(14)8-5-15-6-12-8/h3-7H,2H2,1H3,(H,13,14). The molecule has 0 fully saturated rings. The van der Waals surface area contributed by atoms with Crippen molar-refractivity contribution in [1.82, 2.24) is 15.3 Å². The van der Waals surface area contributed by atoms with Gasteiger partial charge in [-0.15, -0.1) is 22.7 Å². The van der Waals surface area contributed by atoms with Crippen molar-refractivity contribution in [2.45, 2.75) is 19.4 Å². The third-order valence-electron chi connectivity index (χ3n) is 2.13. The Bertz CT molecular complexity index is 439. The van der Waals surface area contributed by atoms with Gasteiger partial charge in [0.15, 0.2) is 0 Å². The van der Waals surface area contributed by atoms with Gasteiger partial charge < -0.3 is 5.32 Å². The number of amides is 1. The van der Waals surface area contributed by atoms with Gasteiger partial charge in [-0.05, 0) is 6.42 Å². The first-order valence-electron chi connectivity index (χ1n) is 4.89.